The van der Waals surface area contributed by atoms with Crippen LogP contribution in [0, 0.1) is 12.7 Å². The van der Waals surface area contributed by atoms with Crippen LogP contribution in [-0.4, -0.2) is 26.4 Å². The summed E-state index contributed by atoms with van der Waals surface area (Å²) in [7, 11) is 0. The average Bonchev–Trinajstić information content (AvgIpc) is 3.13. The fraction of sp³-hybridized carbons (Fsp3) is 0.286. The van der Waals surface area contributed by atoms with Gasteiger partial charge in [0.05, 0.1) is 5.75 Å². The zero-order valence-electron chi connectivity index (χ0n) is 16.6. The largest absolute Gasteiger partial charge is 0.483 e. The fourth-order valence-corrected chi connectivity index (χ4v) is 3.55. The summed E-state index contributed by atoms with van der Waals surface area (Å²) in [6.07, 6.45) is -0.285. The van der Waals surface area contributed by atoms with E-state index in [2.05, 4.69) is 15.5 Å². The van der Waals surface area contributed by atoms with Gasteiger partial charge in [-0.3, -0.25) is 4.79 Å². The van der Waals surface area contributed by atoms with Crippen LogP contribution < -0.4 is 10.1 Å². The van der Waals surface area contributed by atoms with Crippen molar-refractivity contribution in [1.29, 1.82) is 0 Å². The summed E-state index contributed by atoms with van der Waals surface area (Å²) in [4.78, 5) is 12.2. The first-order valence-electron chi connectivity index (χ1n) is 9.31. The van der Waals surface area contributed by atoms with E-state index in [1.807, 2.05) is 49.6 Å². The number of anilines is 1. The third kappa shape index (κ3) is 5.57. The number of thioether (sulfide) groups is 1. The Balaban J connectivity index is 1.61. The minimum atomic E-state index is -0.345. The van der Waals surface area contributed by atoms with Crippen molar-refractivity contribution in [3.05, 3.63) is 65.7 Å². The van der Waals surface area contributed by atoms with Gasteiger partial charge < -0.3 is 14.6 Å². The fourth-order valence-electron chi connectivity index (χ4n) is 2.74. The highest BCUT2D eigenvalue weighted by Crippen LogP contribution is 2.25. The predicted molar refractivity (Wildman–Crippen MR) is 112 cm³/mol. The topological polar surface area (TPSA) is 69.0 Å². The maximum Gasteiger partial charge on any atom is 0.234 e. The molecule has 152 valence electrons. The third-order valence-electron chi connectivity index (χ3n) is 4.22. The molecule has 29 heavy (non-hydrogen) atoms. The molecule has 1 aromatic heterocycles. The number of amides is 1. The summed E-state index contributed by atoms with van der Waals surface area (Å²) in [6, 6.07) is 13.5. The minimum Gasteiger partial charge on any atom is -0.483 e. The van der Waals surface area contributed by atoms with Gasteiger partial charge in [0, 0.05) is 12.2 Å². The van der Waals surface area contributed by atoms with Crippen LogP contribution in [0.3, 0.4) is 0 Å². The van der Waals surface area contributed by atoms with E-state index in [-0.39, 0.29) is 23.6 Å². The van der Waals surface area contributed by atoms with Crippen LogP contribution in [0.2, 0.25) is 0 Å². The maximum absolute atomic E-state index is 13.0. The quantitative estimate of drug-likeness (QED) is 0.545. The molecule has 2 aromatic carbocycles. The molecule has 3 rings (SSSR count). The Morgan fingerprint density at radius 3 is 2.52 bits per heavy atom. The molecule has 3 aromatic rings. The second-order valence-electron chi connectivity index (χ2n) is 6.50. The number of hydrogen-bond acceptors (Lipinski definition) is 5. The van der Waals surface area contributed by atoms with Crippen LogP contribution in [0.5, 0.6) is 5.75 Å². The van der Waals surface area contributed by atoms with Crippen molar-refractivity contribution in [3.63, 3.8) is 0 Å². The molecule has 0 bridgehead atoms. The summed E-state index contributed by atoms with van der Waals surface area (Å²) in [5.41, 5.74) is 1.72. The minimum absolute atomic E-state index is 0.169. The Morgan fingerprint density at radius 1 is 1.17 bits per heavy atom. The number of rotatable bonds is 8. The number of aromatic nitrogens is 3. The lowest BCUT2D eigenvalue weighted by Crippen LogP contribution is -2.15. The van der Waals surface area contributed by atoms with Crippen LogP contribution >= 0.6 is 11.8 Å². The number of benzene rings is 2. The van der Waals surface area contributed by atoms with E-state index in [4.69, 9.17) is 4.74 Å². The summed E-state index contributed by atoms with van der Waals surface area (Å²) in [5.74, 6) is 1.10. The molecule has 0 radical (unpaired) electrons. The number of carbonyl (C=O) groups excluding carboxylic acids is 1. The van der Waals surface area contributed by atoms with Gasteiger partial charge in [-0.1, -0.05) is 29.5 Å². The van der Waals surface area contributed by atoms with Gasteiger partial charge in [0.25, 0.3) is 0 Å². The van der Waals surface area contributed by atoms with Crippen molar-refractivity contribution < 1.29 is 13.9 Å². The number of carbonyl (C=O) groups is 1. The van der Waals surface area contributed by atoms with Crippen LogP contribution in [0.1, 0.15) is 31.3 Å². The Hall–Kier alpha value is -2.87. The molecule has 1 N–H and O–H groups in total. The highest BCUT2D eigenvalue weighted by atomic mass is 32.2. The third-order valence-corrected chi connectivity index (χ3v) is 5.19. The van der Waals surface area contributed by atoms with E-state index in [9.17, 15) is 9.18 Å². The lowest BCUT2D eigenvalue weighted by molar-refractivity contribution is -0.113. The van der Waals surface area contributed by atoms with Crippen molar-refractivity contribution >= 4 is 23.4 Å². The predicted octanol–water partition coefficient (Wildman–Crippen LogP) is 4.62. The standard InChI is InChI=1S/C21H23FN4O2S/c1-4-26-20(15(3)28-18-11-5-14(2)6-12-18)24-25-21(26)29-13-19(27)23-17-9-7-16(22)8-10-17/h5-12,15H,4,13H2,1-3H3,(H,23,27). The molecule has 1 atom stereocenters. The molecular weight excluding hydrogens is 391 g/mol. The molecule has 0 aliphatic carbocycles. The van der Waals surface area contributed by atoms with Gasteiger partial charge in [0.15, 0.2) is 17.1 Å². The monoisotopic (exact) mass is 414 g/mol. The van der Waals surface area contributed by atoms with Gasteiger partial charge in [-0.05, 0) is 57.2 Å². The van der Waals surface area contributed by atoms with Crippen LogP contribution in [0.25, 0.3) is 0 Å². The normalized spacial score (nSPS) is 11.9. The second-order valence-corrected chi connectivity index (χ2v) is 7.44. The second kappa shape index (κ2) is 9.56. The molecule has 0 spiro atoms. The molecule has 0 saturated heterocycles. The molecule has 1 unspecified atom stereocenters. The molecular formula is C21H23FN4O2S. The van der Waals surface area contributed by atoms with Gasteiger partial charge >= 0.3 is 0 Å². The SMILES string of the molecule is CCn1c(SCC(=O)Nc2ccc(F)cc2)nnc1C(C)Oc1ccc(C)cc1. The Morgan fingerprint density at radius 2 is 1.86 bits per heavy atom. The number of nitrogens with one attached hydrogen (secondary N) is 1. The first kappa shape index (κ1) is 20.9. The highest BCUT2D eigenvalue weighted by Gasteiger charge is 2.19. The molecule has 0 aliphatic rings. The van der Waals surface area contributed by atoms with Crippen LogP contribution in [0.15, 0.2) is 53.7 Å². The molecule has 0 saturated carbocycles. The van der Waals surface area contributed by atoms with Crippen molar-refractivity contribution in [1.82, 2.24) is 14.8 Å². The maximum atomic E-state index is 13.0. The first-order valence-corrected chi connectivity index (χ1v) is 10.3. The number of ether oxygens (including phenoxy) is 1. The zero-order valence-corrected chi connectivity index (χ0v) is 17.4. The highest BCUT2D eigenvalue weighted by molar-refractivity contribution is 7.99. The number of hydrogen-bond donors (Lipinski definition) is 1. The molecule has 1 amide bonds. The van der Waals surface area contributed by atoms with Crippen LogP contribution in [-0.2, 0) is 11.3 Å². The molecule has 0 fully saturated rings. The van der Waals surface area contributed by atoms with E-state index in [0.29, 0.717) is 23.2 Å². The molecule has 8 heteroatoms. The van der Waals surface area contributed by atoms with Crippen molar-refractivity contribution in [3.8, 4) is 5.75 Å². The van der Waals surface area contributed by atoms with E-state index in [1.165, 1.54) is 41.6 Å². The average molecular weight is 415 g/mol. The number of nitrogens with zero attached hydrogens (tertiary/aromatic N) is 3. The van der Waals surface area contributed by atoms with Crippen molar-refractivity contribution in [2.75, 3.05) is 11.1 Å². The van der Waals surface area contributed by atoms with E-state index >= 15 is 0 Å². The lowest BCUT2D eigenvalue weighted by Gasteiger charge is -2.15. The number of aryl methyl sites for hydroxylation is 1. The Labute approximate surface area is 173 Å². The summed E-state index contributed by atoms with van der Waals surface area (Å²) >= 11 is 1.30. The Kier molecular flexibility index (Phi) is 6.87. The van der Waals surface area contributed by atoms with E-state index in [1.54, 1.807) is 0 Å². The Bertz CT molecular complexity index is 958. The van der Waals surface area contributed by atoms with Gasteiger partial charge in [-0.2, -0.15) is 0 Å². The summed E-state index contributed by atoms with van der Waals surface area (Å²) in [6.45, 7) is 6.60. The first-order chi connectivity index (χ1) is 14.0. The van der Waals surface area contributed by atoms with Gasteiger partial charge in [0.2, 0.25) is 5.91 Å². The van der Waals surface area contributed by atoms with Gasteiger partial charge in [-0.25, -0.2) is 4.39 Å². The van der Waals surface area contributed by atoms with E-state index < -0.39 is 0 Å². The summed E-state index contributed by atoms with van der Waals surface area (Å²) < 4.78 is 20.9. The molecule has 1 heterocycles. The summed E-state index contributed by atoms with van der Waals surface area (Å²) in [5, 5.41) is 11.9. The smallest absolute Gasteiger partial charge is 0.234 e. The lowest BCUT2D eigenvalue weighted by atomic mass is 10.2. The zero-order chi connectivity index (χ0) is 20.8. The van der Waals surface area contributed by atoms with Crippen molar-refractivity contribution in [2.24, 2.45) is 0 Å². The van der Waals surface area contributed by atoms with E-state index in [0.717, 1.165) is 5.75 Å². The van der Waals surface area contributed by atoms with Gasteiger partial charge in [0.1, 0.15) is 11.6 Å². The molecule has 0 aliphatic heterocycles. The van der Waals surface area contributed by atoms with Crippen LogP contribution in [0.4, 0.5) is 10.1 Å². The van der Waals surface area contributed by atoms with Crippen molar-refractivity contribution in [2.45, 2.75) is 38.6 Å². The van der Waals surface area contributed by atoms with Gasteiger partial charge in [-0.15, -0.1) is 10.2 Å². The molecule has 6 nitrogen and oxygen atoms in total. The number of halogens is 1.